The van der Waals surface area contributed by atoms with Crippen LogP contribution in [-0.2, 0) is 0 Å². The number of carbonyl (C=O) groups is 1. The number of likely N-dealkylation sites (tertiary alicyclic amines) is 1. The lowest BCUT2D eigenvalue weighted by molar-refractivity contribution is -0.0493. The Bertz CT molecular complexity index is 1060. The number of amides is 1. The minimum Gasteiger partial charge on any atom is -0.338 e. The van der Waals surface area contributed by atoms with Crippen molar-refractivity contribution >= 4 is 16.8 Å². The molecule has 29 heavy (non-hydrogen) atoms. The topological polar surface area (TPSA) is 51.0 Å². The lowest BCUT2D eigenvalue weighted by atomic mass is 10.0. The fourth-order valence-corrected chi connectivity index (χ4v) is 3.62. The smallest absolute Gasteiger partial charge is 0.254 e. The number of nitrogens with zero attached hydrogens (tertiary/aromatic N) is 4. The van der Waals surface area contributed by atoms with Crippen LogP contribution in [0.1, 0.15) is 48.7 Å². The number of aromatic nitrogens is 3. The number of hydrogen-bond acceptors (Lipinski definition) is 3. The van der Waals surface area contributed by atoms with Gasteiger partial charge in [-0.25, -0.2) is 13.8 Å². The highest BCUT2D eigenvalue weighted by atomic mass is 19.3. The van der Waals surface area contributed by atoms with Crippen LogP contribution in [0.5, 0.6) is 0 Å². The van der Waals surface area contributed by atoms with Gasteiger partial charge in [0, 0.05) is 49.1 Å². The second-order valence-corrected chi connectivity index (χ2v) is 8.03. The first-order valence-electron chi connectivity index (χ1n) is 9.86. The fourth-order valence-electron chi connectivity index (χ4n) is 3.62. The largest absolute Gasteiger partial charge is 0.338 e. The van der Waals surface area contributed by atoms with E-state index >= 15 is 0 Å². The van der Waals surface area contributed by atoms with E-state index in [1.165, 1.54) is 4.90 Å². The summed E-state index contributed by atoms with van der Waals surface area (Å²) in [4.78, 5) is 19.5. The summed E-state index contributed by atoms with van der Waals surface area (Å²) in [6.45, 7) is 6.16. The van der Waals surface area contributed by atoms with E-state index in [2.05, 4.69) is 5.10 Å². The Hall–Kier alpha value is -2.83. The van der Waals surface area contributed by atoms with E-state index in [-0.39, 0.29) is 37.9 Å². The summed E-state index contributed by atoms with van der Waals surface area (Å²) >= 11 is 0. The summed E-state index contributed by atoms with van der Waals surface area (Å²) < 4.78 is 28.9. The molecule has 0 saturated carbocycles. The number of alkyl halides is 2. The highest BCUT2D eigenvalue weighted by Gasteiger charge is 2.36. The lowest BCUT2D eigenvalue weighted by Crippen LogP contribution is -2.42. The zero-order valence-electron chi connectivity index (χ0n) is 16.8. The second kappa shape index (κ2) is 7.21. The van der Waals surface area contributed by atoms with Crippen molar-refractivity contribution in [1.29, 1.82) is 0 Å². The van der Waals surface area contributed by atoms with Gasteiger partial charge in [0.2, 0.25) is 0 Å². The summed E-state index contributed by atoms with van der Waals surface area (Å²) in [6, 6.07) is 7.72. The highest BCUT2D eigenvalue weighted by molar-refractivity contribution is 6.07. The number of halogens is 2. The van der Waals surface area contributed by atoms with E-state index < -0.39 is 5.92 Å². The molecule has 3 heterocycles. The quantitative estimate of drug-likeness (QED) is 0.633. The van der Waals surface area contributed by atoms with Crippen LogP contribution in [0.2, 0.25) is 0 Å². The van der Waals surface area contributed by atoms with Gasteiger partial charge in [0.25, 0.3) is 11.8 Å². The molecule has 5 nitrogen and oxygen atoms in total. The van der Waals surface area contributed by atoms with Gasteiger partial charge in [-0.05, 0) is 38.5 Å². The predicted molar refractivity (Wildman–Crippen MR) is 108 cm³/mol. The van der Waals surface area contributed by atoms with Crippen LogP contribution < -0.4 is 0 Å². The van der Waals surface area contributed by atoms with E-state index in [1.54, 1.807) is 12.3 Å². The molecule has 1 saturated heterocycles. The van der Waals surface area contributed by atoms with Gasteiger partial charge in [0.05, 0.1) is 23.0 Å². The third kappa shape index (κ3) is 3.86. The van der Waals surface area contributed by atoms with Gasteiger partial charge in [-0.1, -0.05) is 12.1 Å². The van der Waals surface area contributed by atoms with Crippen molar-refractivity contribution in [1.82, 2.24) is 19.7 Å². The number of pyridine rings is 1. The van der Waals surface area contributed by atoms with E-state index in [1.807, 2.05) is 49.8 Å². The summed E-state index contributed by atoms with van der Waals surface area (Å²) in [5, 5.41) is 5.10. The maximum Gasteiger partial charge on any atom is 0.254 e. The first kappa shape index (κ1) is 19.5. The molecule has 0 radical (unpaired) electrons. The number of fused-ring (bicyclic) bond motifs is 1. The van der Waals surface area contributed by atoms with Crippen molar-refractivity contribution in [3.05, 3.63) is 47.8 Å². The van der Waals surface area contributed by atoms with Gasteiger partial charge >= 0.3 is 0 Å². The lowest BCUT2D eigenvalue weighted by Gasteiger charge is -2.32. The zero-order valence-corrected chi connectivity index (χ0v) is 16.8. The van der Waals surface area contributed by atoms with Crippen molar-refractivity contribution in [2.24, 2.45) is 0 Å². The summed E-state index contributed by atoms with van der Waals surface area (Å²) in [6.07, 6.45) is 3.05. The molecule has 152 valence electrons. The third-order valence-electron chi connectivity index (χ3n) is 5.40. The average molecular weight is 398 g/mol. The molecule has 3 aromatic rings. The SMILES string of the molecule is Cc1ccc2c(C(=O)N3CCC(F)(F)CC3)cc(-c3cnn(C(C)C)c3)nc2c1. The minimum atomic E-state index is -2.69. The van der Waals surface area contributed by atoms with Crippen molar-refractivity contribution < 1.29 is 13.6 Å². The predicted octanol–water partition coefficient (Wildman–Crippen LogP) is 4.86. The molecule has 1 fully saturated rings. The van der Waals surface area contributed by atoms with Crippen molar-refractivity contribution in [2.45, 2.75) is 45.6 Å². The Morgan fingerprint density at radius 2 is 1.90 bits per heavy atom. The Morgan fingerprint density at radius 3 is 2.55 bits per heavy atom. The van der Waals surface area contributed by atoms with Crippen LogP contribution in [0.15, 0.2) is 36.7 Å². The molecule has 1 aromatic carbocycles. The van der Waals surface area contributed by atoms with Crippen LogP contribution in [-0.4, -0.2) is 44.6 Å². The van der Waals surface area contributed by atoms with Crippen molar-refractivity contribution in [3.63, 3.8) is 0 Å². The molecule has 0 spiro atoms. The molecule has 0 N–H and O–H groups in total. The summed E-state index contributed by atoms with van der Waals surface area (Å²) in [5.41, 5.74) is 3.72. The molecule has 7 heteroatoms. The van der Waals surface area contributed by atoms with Gasteiger partial charge in [-0.2, -0.15) is 5.10 Å². The number of hydrogen-bond donors (Lipinski definition) is 0. The number of rotatable bonds is 3. The van der Waals surface area contributed by atoms with Crippen LogP contribution in [0.3, 0.4) is 0 Å². The Labute approximate surface area is 168 Å². The molecule has 1 aliphatic heterocycles. The maximum absolute atomic E-state index is 13.5. The monoisotopic (exact) mass is 398 g/mol. The van der Waals surface area contributed by atoms with E-state index in [0.29, 0.717) is 16.8 Å². The Kier molecular flexibility index (Phi) is 4.84. The van der Waals surface area contributed by atoms with Gasteiger partial charge in [0.1, 0.15) is 0 Å². The van der Waals surface area contributed by atoms with Crippen LogP contribution in [0.25, 0.3) is 22.2 Å². The molecule has 0 bridgehead atoms. The van der Waals surface area contributed by atoms with Gasteiger partial charge in [-0.15, -0.1) is 0 Å². The maximum atomic E-state index is 13.5. The van der Waals surface area contributed by atoms with Crippen LogP contribution in [0, 0.1) is 6.92 Å². The molecule has 0 unspecified atom stereocenters. The van der Waals surface area contributed by atoms with Gasteiger partial charge in [-0.3, -0.25) is 9.48 Å². The van der Waals surface area contributed by atoms with E-state index in [9.17, 15) is 13.6 Å². The normalized spacial score (nSPS) is 16.6. The molecule has 1 aliphatic rings. The Morgan fingerprint density at radius 1 is 1.17 bits per heavy atom. The summed E-state index contributed by atoms with van der Waals surface area (Å²) in [7, 11) is 0. The number of benzene rings is 1. The number of carbonyl (C=O) groups excluding carboxylic acids is 1. The second-order valence-electron chi connectivity index (χ2n) is 8.03. The third-order valence-corrected chi connectivity index (χ3v) is 5.40. The molecular formula is C22H24F2N4O. The van der Waals surface area contributed by atoms with Crippen LogP contribution >= 0.6 is 0 Å². The zero-order chi connectivity index (χ0) is 20.8. The molecule has 2 aromatic heterocycles. The average Bonchev–Trinajstić information content (AvgIpc) is 3.17. The number of aryl methyl sites for hydroxylation is 1. The van der Waals surface area contributed by atoms with E-state index in [0.717, 1.165) is 16.5 Å². The summed E-state index contributed by atoms with van der Waals surface area (Å²) in [5.74, 6) is -2.92. The number of piperidine rings is 1. The fraction of sp³-hybridized carbons (Fsp3) is 0.409. The molecule has 1 amide bonds. The minimum absolute atomic E-state index is 0.0577. The highest BCUT2D eigenvalue weighted by Crippen LogP contribution is 2.31. The van der Waals surface area contributed by atoms with Crippen LogP contribution in [0.4, 0.5) is 8.78 Å². The first-order chi connectivity index (χ1) is 13.7. The van der Waals surface area contributed by atoms with Crippen molar-refractivity contribution in [3.8, 4) is 11.3 Å². The molecule has 0 aliphatic carbocycles. The van der Waals surface area contributed by atoms with Crippen molar-refractivity contribution in [2.75, 3.05) is 13.1 Å². The molecular weight excluding hydrogens is 374 g/mol. The standard InChI is InChI=1S/C22H24F2N4O/c1-14(2)28-13-16(12-25-28)19-11-18(17-5-4-15(3)10-20(17)26-19)21(29)27-8-6-22(23,24)7-9-27/h4-5,10-14H,6-9H2,1-3H3. The Balaban J connectivity index is 1.78. The molecule has 0 atom stereocenters. The van der Waals surface area contributed by atoms with E-state index in [4.69, 9.17) is 4.98 Å². The molecule has 4 rings (SSSR count). The van der Waals surface area contributed by atoms with Gasteiger partial charge in [0.15, 0.2) is 0 Å². The van der Waals surface area contributed by atoms with Gasteiger partial charge < -0.3 is 4.90 Å². The first-order valence-corrected chi connectivity index (χ1v) is 9.86.